The summed E-state index contributed by atoms with van der Waals surface area (Å²) in [5.41, 5.74) is -1.32. The first-order chi connectivity index (χ1) is 12.6. The molecule has 0 aliphatic carbocycles. The van der Waals surface area contributed by atoms with Gasteiger partial charge >= 0.3 is 12.1 Å². The third-order valence-corrected chi connectivity index (χ3v) is 4.33. The normalized spacial score (nSPS) is 22.2. The highest BCUT2D eigenvalue weighted by molar-refractivity contribution is 7.86. The summed E-state index contributed by atoms with van der Waals surface area (Å²) in [4.78, 5) is 23.8. The standard InChI is InChI=1S/C18H33NO8S/c1-17(2,3)15(20)25-11-14(27-28(7,22)23)13-9-8-12(10-24-13)19-16(21)26-18(4,5)6/h12-14H,8-11H2,1-7H3,(H,19,21)/t12-,13+,14-/m1/s1. The van der Waals surface area contributed by atoms with Crippen LogP contribution in [0.1, 0.15) is 54.4 Å². The zero-order chi connectivity index (χ0) is 21.8. The van der Waals surface area contributed by atoms with Gasteiger partial charge in [-0.2, -0.15) is 8.42 Å². The summed E-state index contributed by atoms with van der Waals surface area (Å²) in [5.74, 6) is -0.463. The number of hydrogen-bond donors (Lipinski definition) is 1. The number of carbonyl (C=O) groups excluding carboxylic acids is 2. The molecular weight excluding hydrogens is 390 g/mol. The van der Waals surface area contributed by atoms with E-state index in [1.807, 2.05) is 0 Å². The molecule has 3 atom stereocenters. The number of nitrogens with one attached hydrogen (secondary N) is 1. The fourth-order valence-corrected chi connectivity index (χ4v) is 3.08. The van der Waals surface area contributed by atoms with Crippen LogP contribution in [-0.2, 0) is 33.3 Å². The molecular formula is C18H33NO8S. The summed E-state index contributed by atoms with van der Waals surface area (Å²) in [6, 6.07) is -0.262. The van der Waals surface area contributed by atoms with Crippen LogP contribution in [0.15, 0.2) is 0 Å². The van der Waals surface area contributed by atoms with Crippen LogP contribution in [0.4, 0.5) is 4.79 Å². The highest BCUT2D eigenvalue weighted by Crippen LogP contribution is 2.22. The lowest BCUT2D eigenvalue weighted by molar-refractivity contribution is -0.159. The van der Waals surface area contributed by atoms with E-state index in [-0.39, 0.29) is 19.3 Å². The Morgan fingerprint density at radius 1 is 1.14 bits per heavy atom. The smallest absolute Gasteiger partial charge is 0.407 e. The maximum atomic E-state index is 12.0. The van der Waals surface area contributed by atoms with E-state index in [4.69, 9.17) is 18.4 Å². The monoisotopic (exact) mass is 423 g/mol. The number of rotatable bonds is 6. The Morgan fingerprint density at radius 2 is 1.75 bits per heavy atom. The van der Waals surface area contributed by atoms with Gasteiger partial charge in [-0.1, -0.05) is 0 Å². The van der Waals surface area contributed by atoms with Crippen molar-refractivity contribution in [2.45, 2.75) is 78.2 Å². The molecule has 1 rings (SSSR count). The first-order valence-electron chi connectivity index (χ1n) is 9.23. The summed E-state index contributed by atoms with van der Waals surface area (Å²) in [5, 5.41) is 2.72. The third kappa shape index (κ3) is 9.70. The SMILES string of the molecule is CC(C)(C)OC(=O)N[C@@H]1CC[C@@H]([C@@H](COC(=O)C(C)(C)C)OS(C)(=O)=O)OC1. The van der Waals surface area contributed by atoms with E-state index in [0.29, 0.717) is 12.8 Å². The van der Waals surface area contributed by atoms with E-state index in [1.165, 1.54) is 0 Å². The molecule has 9 nitrogen and oxygen atoms in total. The van der Waals surface area contributed by atoms with Crippen LogP contribution < -0.4 is 5.32 Å². The molecule has 1 amide bonds. The molecule has 1 aliphatic rings. The molecule has 0 radical (unpaired) electrons. The average molecular weight is 424 g/mol. The molecule has 0 aromatic carbocycles. The molecule has 0 aromatic heterocycles. The summed E-state index contributed by atoms with van der Waals surface area (Å²) in [6.07, 6.45) is -0.180. The van der Waals surface area contributed by atoms with Crippen molar-refractivity contribution in [3.63, 3.8) is 0 Å². The Bertz CT molecular complexity index is 639. The molecule has 28 heavy (non-hydrogen) atoms. The highest BCUT2D eigenvalue weighted by atomic mass is 32.2. The quantitative estimate of drug-likeness (QED) is 0.509. The first kappa shape index (κ1) is 24.6. The minimum Gasteiger partial charge on any atom is -0.462 e. The fraction of sp³-hybridized carbons (Fsp3) is 0.889. The van der Waals surface area contributed by atoms with Gasteiger partial charge in [0.2, 0.25) is 0 Å². The minimum absolute atomic E-state index is 0.167. The van der Waals surface area contributed by atoms with Crippen LogP contribution >= 0.6 is 0 Å². The van der Waals surface area contributed by atoms with E-state index in [2.05, 4.69) is 5.32 Å². The van der Waals surface area contributed by atoms with Crippen molar-refractivity contribution < 1.29 is 36.4 Å². The molecule has 164 valence electrons. The van der Waals surface area contributed by atoms with Crippen molar-refractivity contribution >= 4 is 22.2 Å². The lowest BCUT2D eigenvalue weighted by Gasteiger charge is -2.34. The van der Waals surface area contributed by atoms with Crippen molar-refractivity contribution in [2.24, 2.45) is 5.41 Å². The van der Waals surface area contributed by atoms with Gasteiger partial charge in [-0.05, 0) is 54.4 Å². The van der Waals surface area contributed by atoms with E-state index < -0.39 is 45.4 Å². The summed E-state index contributed by atoms with van der Waals surface area (Å²) < 4.78 is 44.4. The third-order valence-electron chi connectivity index (χ3n) is 3.74. The van der Waals surface area contributed by atoms with Crippen LogP contribution in [-0.4, -0.2) is 63.8 Å². The van der Waals surface area contributed by atoms with Gasteiger partial charge in [0, 0.05) is 0 Å². The van der Waals surface area contributed by atoms with Crippen molar-refractivity contribution in [2.75, 3.05) is 19.5 Å². The molecule has 0 spiro atoms. The second-order valence-corrected chi connectivity index (χ2v) is 10.6. The lowest BCUT2D eigenvalue weighted by atomic mass is 9.97. The van der Waals surface area contributed by atoms with Crippen molar-refractivity contribution in [1.29, 1.82) is 0 Å². The van der Waals surface area contributed by atoms with Crippen molar-refractivity contribution in [1.82, 2.24) is 5.32 Å². The Balaban J connectivity index is 2.63. The lowest BCUT2D eigenvalue weighted by Crippen LogP contribution is -2.48. The number of ether oxygens (including phenoxy) is 3. The zero-order valence-corrected chi connectivity index (χ0v) is 18.6. The van der Waals surface area contributed by atoms with E-state index in [0.717, 1.165) is 6.26 Å². The fourth-order valence-electron chi connectivity index (χ4n) is 2.45. The molecule has 1 N–H and O–H groups in total. The van der Waals surface area contributed by atoms with Gasteiger partial charge in [-0.25, -0.2) is 4.79 Å². The Labute approximate surface area is 167 Å². The van der Waals surface area contributed by atoms with Crippen LogP contribution in [0.5, 0.6) is 0 Å². The Kier molecular flexibility index (Phi) is 8.28. The molecule has 10 heteroatoms. The number of esters is 1. The van der Waals surface area contributed by atoms with Crippen LogP contribution in [0.25, 0.3) is 0 Å². The summed E-state index contributed by atoms with van der Waals surface area (Å²) in [7, 11) is -3.77. The number of alkyl carbamates (subject to hydrolysis) is 1. The summed E-state index contributed by atoms with van der Waals surface area (Å²) >= 11 is 0. The summed E-state index contributed by atoms with van der Waals surface area (Å²) in [6.45, 7) is 10.3. The molecule has 0 aromatic rings. The number of carbonyl (C=O) groups is 2. The van der Waals surface area contributed by atoms with E-state index in [9.17, 15) is 18.0 Å². The molecule has 0 saturated carbocycles. The number of amides is 1. The van der Waals surface area contributed by atoms with Gasteiger partial charge in [-0.15, -0.1) is 0 Å². The van der Waals surface area contributed by atoms with Crippen LogP contribution in [0, 0.1) is 5.41 Å². The molecule has 1 fully saturated rings. The highest BCUT2D eigenvalue weighted by Gasteiger charge is 2.34. The second-order valence-electron chi connectivity index (χ2n) is 8.98. The predicted octanol–water partition coefficient (Wildman–Crippen LogP) is 1.99. The maximum absolute atomic E-state index is 12.0. The van der Waals surface area contributed by atoms with Gasteiger partial charge in [0.25, 0.3) is 10.1 Å². The minimum atomic E-state index is -3.77. The molecule has 1 aliphatic heterocycles. The van der Waals surface area contributed by atoms with Crippen LogP contribution in [0.3, 0.4) is 0 Å². The van der Waals surface area contributed by atoms with Gasteiger partial charge < -0.3 is 19.5 Å². The molecule has 1 heterocycles. The maximum Gasteiger partial charge on any atom is 0.407 e. The average Bonchev–Trinajstić information content (AvgIpc) is 2.48. The Morgan fingerprint density at radius 3 is 2.18 bits per heavy atom. The van der Waals surface area contributed by atoms with Gasteiger partial charge in [0.05, 0.1) is 30.4 Å². The second kappa shape index (κ2) is 9.41. The van der Waals surface area contributed by atoms with Gasteiger partial charge in [0.1, 0.15) is 18.3 Å². The molecule has 0 unspecified atom stereocenters. The molecule has 1 saturated heterocycles. The topological polar surface area (TPSA) is 117 Å². The predicted molar refractivity (Wildman–Crippen MR) is 102 cm³/mol. The van der Waals surface area contributed by atoms with Crippen LogP contribution in [0.2, 0.25) is 0 Å². The van der Waals surface area contributed by atoms with Gasteiger partial charge in [0.15, 0.2) is 0 Å². The van der Waals surface area contributed by atoms with E-state index >= 15 is 0 Å². The number of hydrogen-bond acceptors (Lipinski definition) is 8. The first-order valence-corrected chi connectivity index (χ1v) is 11.0. The van der Waals surface area contributed by atoms with E-state index in [1.54, 1.807) is 41.5 Å². The Hall–Kier alpha value is -1.39. The van der Waals surface area contributed by atoms with Crippen molar-refractivity contribution in [3.05, 3.63) is 0 Å². The zero-order valence-electron chi connectivity index (χ0n) is 17.7. The van der Waals surface area contributed by atoms with Crippen molar-refractivity contribution in [3.8, 4) is 0 Å². The van der Waals surface area contributed by atoms with Gasteiger partial charge in [-0.3, -0.25) is 8.98 Å². The largest absolute Gasteiger partial charge is 0.462 e. The molecule has 0 bridgehead atoms.